The molecule has 24 heavy (non-hydrogen) atoms. The average Bonchev–Trinajstić information content (AvgIpc) is 3.12. The lowest BCUT2D eigenvalue weighted by Crippen LogP contribution is -2.30. The van der Waals surface area contributed by atoms with Gasteiger partial charge < -0.3 is 4.42 Å². The number of rotatable bonds is 3. The van der Waals surface area contributed by atoms with Gasteiger partial charge in [-0.15, -0.1) is 0 Å². The second-order valence-electron chi connectivity index (χ2n) is 5.85. The smallest absolute Gasteiger partial charge is 0.195 e. The largest absolute Gasteiger partial charge is 0.461 e. The molecule has 6 heteroatoms. The van der Waals surface area contributed by atoms with Gasteiger partial charge in [0.2, 0.25) is 0 Å². The molecule has 0 radical (unpaired) electrons. The molecule has 0 amide bonds. The summed E-state index contributed by atoms with van der Waals surface area (Å²) in [4.78, 5) is 11.4. The van der Waals surface area contributed by atoms with Crippen LogP contribution in [-0.4, -0.2) is 21.4 Å². The minimum absolute atomic E-state index is 0.586. The van der Waals surface area contributed by atoms with E-state index in [1.807, 2.05) is 36.5 Å². The highest BCUT2D eigenvalue weighted by Gasteiger charge is 2.19. The molecular formula is C18H15Cl2N3O. The Kier molecular flexibility index (Phi) is 4.27. The van der Waals surface area contributed by atoms with Gasteiger partial charge in [0.25, 0.3) is 0 Å². The minimum atomic E-state index is 0.586. The monoisotopic (exact) mass is 359 g/mol. The number of aromatic nitrogens is 2. The van der Waals surface area contributed by atoms with Gasteiger partial charge >= 0.3 is 0 Å². The highest BCUT2D eigenvalue weighted by atomic mass is 35.5. The Morgan fingerprint density at radius 2 is 2.08 bits per heavy atom. The number of nitrogens with zero attached hydrogens (tertiary/aromatic N) is 3. The van der Waals surface area contributed by atoms with Crippen molar-refractivity contribution in [2.45, 2.75) is 19.5 Å². The second kappa shape index (κ2) is 6.55. The van der Waals surface area contributed by atoms with Crippen molar-refractivity contribution in [3.63, 3.8) is 0 Å². The average molecular weight is 360 g/mol. The van der Waals surface area contributed by atoms with Gasteiger partial charge in [0.1, 0.15) is 0 Å². The fraction of sp³-hybridized carbons (Fsp3) is 0.222. The van der Waals surface area contributed by atoms with Crippen LogP contribution in [0.15, 0.2) is 47.2 Å². The molecule has 0 aliphatic carbocycles. The Balaban J connectivity index is 1.50. The summed E-state index contributed by atoms with van der Waals surface area (Å²) < 4.78 is 5.37. The van der Waals surface area contributed by atoms with Crippen LogP contribution in [0.2, 0.25) is 10.0 Å². The lowest BCUT2D eigenvalue weighted by molar-refractivity contribution is 0.243. The van der Waals surface area contributed by atoms with E-state index in [0.717, 1.165) is 42.9 Å². The molecule has 122 valence electrons. The Hall–Kier alpha value is -1.88. The summed E-state index contributed by atoms with van der Waals surface area (Å²) in [5, 5.41) is 1.18. The normalized spacial score (nSPS) is 14.6. The summed E-state index contributed by atoms with van der Waals surface area (Å²) in [5.41, 5.74) is 3.42. The molecule has 1 aliphatic rings. The first-order chi connectivity index (χ1) is 11.7. The molecule has 0 saturated heterocycles. The predicted molar refractivity (Wildman–Crippen MR) is 94.0 cm³/mol. The molecule has 0 spiro atoms. The molecule has 3 aromatic rings. The molecule has 4 nitrogen and oxygen atoms in total. The van der Waals surface area contributed by atoms with E-state index in [4.69, 9.17) is 27.6 Å². The summed E-state index contributed by atoms with van der Waals surface area (Å²) in [7, 11) is 0. The number of hydrogen-bond acceptors (Lipinski definition) is 4. The van der Waals surface area contributed by atoms with Gasteiger partial charge in [0.05, 0.1) is 22.0 Å². The Morgan fingerprint density at radius 3 is 2.88 bits per heavy atom. The van der Waals surface area contributed by atoms with Crippen LogP contribution in [0.3, 0.4) is 0 Å². The molecular weight excluding hydrogens is 345 g/mol. The number of hydrogen-bond donors (Lipinski definition) is 0. The molecule has 2 aromatic heterocycles. The molecule has 0 atom stereocenters. The van der Waals surface area contributed by atoms with Gasteiger partial charge in [-0.25, -0.2) is 9.97 Å². The molecule has 0 saturated carbocycles. The van der Waals surface area contributed by atoms with Crippen LogP contribution in [0.5, 0.6) is 0 Å². The highest BCUT2D eigenvalue weighted by molar-refractivity contribution is 6.42. The highest BCUT2D eigenvalue weighted by Crippen LogP contribution is 2.25. The standard InChI is InChI=1S/C18H15Cl2N3O/c19-14-4-3-12(8-15(14)20)10-23-6-5-16-13(11-23)9-21-18(22-16)17-2-1-7-24-17/h1-4,7-9H,5-6,10-11H2. The first-order valence-electron chi connectivity index (χ1n) is 7.74. The van der Waals surface area contributed by atoms with E-state index in [2.05, 4.69) is 14.9 Å². The van der Waals surface area contributed by atoms with Crippen LogP contribution in [-0.2, 0) is 19.5 Å². The van der Waals surface area contributed by atoms with Crippen molar-refractivity contribution < 1.29 is 4.42 Å². The summed E-state index contributed by atoms with van der Waals surface area (Å²) in [6.45, 7) is 2.60. The third-order valence-electron chi connectivity index (χ3n) is 4.14. The topological polar surface area (TPSA) is 42.2 Å². The zero-order chi connectivity index (χ0) is 16.5. The third-order valence-corrected chi connectivity index (χ3v) is 4.88. The van der Waals surface area contributed by atoms with Gasteiger partial charge in [0, 0.05) is 37.8 Å². The van der Waals surface area contributed by atoms with E-state index in [1.165, 1.54) is 0 Å². The first kappa shape index (κ1) is 15.6. The predicted octanol–water partition coefficient (Wildman–Crippen LogP) is 4.60. The van der Waals surface area contributed by atoms with Gasteiger partial charge in [-0.05, 0) is 29.8 Å². The molecule has 0 fully saturated rings. The first-order valence-corrected chi connectivity index (χ1v) is 8.49. The van der Waals surface area contributed by atoms with Crippen molar-refractivity contribution in [1.29, 1.82) is 0 Å². The lowest BCUT2D eigenvalue weighted by atomic mass is 10.1. The molecule has 4 rings (SSSR count). The fourth-order valence-electron chi connectivity index (χ4n) is 2.93. The zero-order valence-electron chi connectivity index (χ0n) is 12.9. The summed E-state index contributed by atoms with van der Waals surface area (Å²) in [6.07, 6.45) is 4.44. The summed E-state index contributed by atoms with van der Waals surface area (Å²) in [5.74, 6) is 1.35. The van der Waals surface area contributed by atoms with Crippen molar-refractivity contribution in [1.82, 2.24) is 14.9 Å². The van der Waals surface area contributed by atoms with Crippen molar-refractivity contribution in [3.05, 3.63) is 69.7 Å². The Labute approximate surface area is 150 Å². The van der Waals surface area contributed by atoms with Crippen molar-refractivity contribution in [2.75, 3.05) is 6.54 Å². The Bertz CT molecular complexity index is 865. The molecule has 0 N–H and O–H groups in total. The molecule has 1 aliphatic heterocycles. The summed E-state index contributed by atoms with van der Waals surface area (Å²) >= 11 is 12.1. The van der Waals surface area contributed by atoms with Gasteiger partial charge in [-0.2, -0.15) is 0 Å². The molecule has 0 unspecified atom stereocenters. The SMILES string of the molecule is Clc1ccc(CN2CCc3nc(-c4ccco4)ncc3C2)cc1Cl. The zero-order valence-corrected chi connectivity index (χ0v) is 14.4. The minimum Gasteiger partial charge on any atom is -0.461 e. The Morgan fingerprint density at radius 1 is 1.17 bits per heavy atom. The summed E-state index contributed by atoms with van der Waals surface area (Å²) in [6, 6.07) is 9.50. The van der Waals surface area contributed by atoms with Crippen molar-refractivity contribution >= 4 is 23.2 Å². The third kappa shape index (κ3) is 3.18. The van der Waals surface area contributed by atoms with Gasteiger partial charge in [-0.1, -0.05) is 29.3 Å². The van der Waals surface area contributed by atoms with E-state index in [9.17, 15) is 0 Å². The van der Waals surface area contributed by atoms with Crippen molar-refractivity contribution in [2.24, 2.45) is 0 Å². The van der Waals surface area contributed by atoms with Crippen LogP contribution < -0.4 is 0 Å². The quantitative estimate of drug-likeness (QED) is 0.685. The number of halogens is 2. The van der Waals surface area contributed by atoms with Crippen LogP contribution >= 0.6 is 23.2 Å². The van der Waals surface area contributed by atoms with E-state index in [1.54, 1.807) is 6.26 Å². The van der Waals surface area contributed by atoms with E-state index >= 15 is 0 Å². The van der Waals surface area contributed by atoms with E-state index in [0.29, 0.717) is 21.6 Å². The second-order valence-corrected chi connectivity index (χ2v) is 6.67. The number of benzene rings is 1. The number of fused-ring (bicyclic) bond motifs is 1. The van der Waals surface area contributed by atoms with Crippen LogP contribution in [0.1, 0.15) is 16.8 Å². The molecule has 3 heterocycles. The maximum atomic E-state index is 6.10. The van der Waals surface area contributed by atoms with Gasteiger partial charge in [0.15, 0.2) is 11.6 Å². The van der Waals surface area contributed by atoms with Crippen LogP contribution in [0.25, 0.3) is 11.6 Å². The van der Waals surface area contributed by atoms with Crippen LogP contribution in [0.4, 0.5) is 0 Å². The van der Waals surface area contributed by atoms with Crippen molar-refractivity contribution in [3.8, 4) is 11.6 Å². The maximum absolute atomic E-state index is 6.10. The lowest BCUT2D eigenvalue weighted by Gasteiger charge is -2.28. The molecule has 1 aromatic carbocycles. The number of furan rings is 1. The van der Waals surface area contributed by atoms with E-state index in [-0.39, 0.29) is 0 Å². The van der Waals surface area contributed by atoms with E-state index < -0.39 is 0 Å². The van der Waals surface area contributed by atoms with Gasteiger partial charge in [-0.3, -0.25) is 4.90 Å². The maximum Gasteiger partial charge on any atom is 0.195 e. The fourth-order valence-corrected chi connectivity index (χ4v) is 3.25. The molecule has 0 bridgehead atoms. The van der Waals surface area contributed by atoms with Crippen LogP contribution in [0, 0.1) is 0 Å².